The van der Waals surface area contributed by atoms with Crippen molar-refractivity contribution in [2.75, 3.05) is 6.54 Å². The van der Waals surface area contributed by atoms with Crippen molar-refractivity contribution in [3.63, 3.8) is 0 Å². The molecule has 14 heavy (non-hydrogen) atoms. The molecule has 3 N–H and O–H groups in total. The summed E-state index contributed by atoms with van der Waals surface area (Å²) in [6, 6.07) is 5.30. The molecular formula is C11H17FN2. The summed E-state index contributed by atoms with van der Waals surface area (Å²) in [4.78, 5) is 0. The predicted molar refractivity (Wildman–Crippen MR) is 56.5 cm³/mol. The first-order valence-electron chi connectivity index (χ1n) is 4.81. The molecule has 1 aromatic carbocycles. The summed E-state index contributed by atoms with van der Waals surface area (Å²) >= 11 is 0. The van der Waals surface area contributed by atoms with Crippen LogP contribution < -0.4 is 11.1 Å². The molecule has 0 saturated carbocycles. The quantitative estimate of drug-likeness (QED) is 0.767. The highest BCUT2D eigenvalue weighted by molar-refractivity contribution is 5.23. The van der Waals surface area contributed by atoms with Crippen LogP contribution in [0.5, 0.6) is 0 Å². The van der Waals surface area contributed by atoms with Crippen LogP contribution in [0.3, 0.4) is 0 Å². The molecule has 0 spiro atoms. The number of nitrogens with two attached hydrogens (primary N) is 1. The number of aryl methyl sites for hydroxylation is 1. The maximum absolute atomic E-state index is 13.0. The van der Waals surface area contributed by atoms with Crippen LogP contribution in [0.2, 0.25) is 0 Å². The highest BCUT2D eigenvalue weighted by Crippen LogP contribution is 2.08. The van der Waals surface area contributed by atoms with E-state index in [9.17, 15) is 4.39 Å². The Balaban J connectivity index is 2.58. The fraction of sp³-hybridized carbons (Fsp3) is 0.455. The van der Waals surface area contributed by atoms with Gasteiger partial charge in [-0.2, -0.15) is 0 Å². The van der Waals surface area contributed by atoms with E-state index in [1.54, 1.807) is 6.07 Å². The summed E-state index contributed by atoms with van der Waals surface area (Å²) in [5, 5.41) is 3.21. The van der Waals surface area contributed by atoms with Crippen molar-refractivity contribution in [1.82, 2.24) is 5.32 Å². The lowest BCUT2D eigenvalue weighted by Crippen LogP contribution is -2.32. The van der Waals surface area contributed by atoms with Crippen LogP contribution in [-0.4, -0.2) is 12.6 Å². The van der Waals surface area contributed by atoms with Crippen molar-refractivity contribution in [3.8, 4) is 0 Å². The number of nitrogens with one attached hydrogen (secondary N) is 1. The molecule has 1 aromatic rings. The second-order valence-corrected chi connectivity index (χ2v) is 3.65. The molecule has 0 saturated heterocycles. The van der Waals surface area contributed by atoms with E-state index in [1.165, 1.54) is 6.07 Å². The van der Waals surface area contributed by atoms with E-state index in [0.717, 1.165) is 11.1 Å². The third-order valence-electron chi connectivity index (χ3n) is 2.11. The van der Waals surface area contributed by atoms with Gasteiger partial charge in [-0.15, -0.1) is 0 Å². The number of hydrogen-bond acceptors (Lipinski definition) is 2. The summed E-state index contributed by atoms with van der Waals surface area (Å²) in [7, 11) is 0. The van der Waals surface area contributed by atoms with Crippen molar-refractivity contribution < 1.29 is 4.39 Å². The van der Waals surface area contributed by atoms with Crippen molar-refractivity contribution >= 4 is 0 Å². The molecule has 3 heteroatoms. The molecule has 78 valence electrons. The van der Waals surface area contributed by atoms with Gasteiger partial charge >= 0.3 is 0 Å². The van der Waals surface area contributed by atoms with Crippen molar-refractivity contribution in [2.24, 2.45) is 5.73 Å². The van der Waals surface area contributed by atoms with Gasteiger partial charge in [-0.05, 0) is 37.1 Å². The average molecular weight is 196 g/mol. The van der Waals surface area contributed by atoms with Gasteiger partial charge in [0.05, 0.1) is 0 Å². The van der Waals surface area contributed by atoms with E-state index >= 15 is 0 Å². The molecule has 0 bridgehead atoms. The Bertz CT molecular complexity index is 279. The highest BCUT2D eigenvalue weighted by atomic mass is 19.1. The van der Waals surface area contributed by atoms with Crippen LogP contribution in [0.15, 0.2) is 18.2 Å². The smallest absolute Gasteiger partial charge is 0.123 e. The average Bonchev–Trinajstić information content (AvgIpc) is 2.12. The molecule has 0 aliphatic rings. The lowest BCUT2D eigenvalue weighted by atomic mass is 10.1. The largest absolute Gasteiger partial charge is 0.329 e. The lowest BCUT2D eigenvalue weighted by molar-refractivity contribution is 0.552. The van der Waals surface area contributed by atoms with E-state index < -0.39 is 0 Å². The lowest BCUT2D eigenvalue weighted by Gasteiger charge is -2.11. The standard InChI is InChI=1S/C11H17FN2/c1-8-3-10(5-11(12)4-8)7-14-9(2)6-13/h3-5,9,14H,6-7,13H2,1-2H3. The van der Waals surface area contributed by atoms with Gasteiger partial charge in [0.25, 0.3) is 0 Å². The molecule has 0 aromatic heterocycles. The molecule has 0 heterocycles. The normalized spacial score (nSPS) is 12.9. The SMILES string of the molecule is Cc1cc(F)cc(CNC(C)CN)c1. The Morgan fingerprint density at radius 1 is 1.43 bits per heavy atom. The molecule has 1 atom stereocenters. The fourth-order valence-electron chi connectivity index (χ4n) is 1.29. The maximum Gasteiger partial charge on any atom is 0.123 e. The van der Waals surface area contributed by atoms with E-state index in [1.807, 2.05) is 19.9 Å². The van der Waals surface area contributed by atoms with E-state index in [4.69, 9.17) is 5.73 Å². The van der Waals surface area contributed by atoms with Crippen molar-refractivity contribution in [3.05, 3.63) is 35.1 Å². The zero-order valence-corrected chi connectivity index (χ0v) is 8.68. The van der Waals surface area contributed by atoms with Crippen LogP contribution >= 0.6 is 0 Å². The van der Waals surface area contributed by atoms with Gasteiger partial charge in [0.2, 0.25) is 0 Å². The third kappa shape index (κ3) is 3.44. The molecule has 2 nitrogen and oxygen atoms in total. The Labute approximate surface area is 84.3 Å². The van der Waals surface area contributed by atoms with Gasteiger partial charge in [0.15, 0.2) is 0 Å². The summed E-state index contributed by atoms with van der Waals surface area (Å²) in [6.45, 7) is 5.15. The van der Waals surface area contributed by atoms with Crippen LogP contribution in [-0.2, 0) is 6.54 Å². The second kappa shape index (κ2) is 5.08. The fourth-order valence-corrected chi connectivity index (χ4v) is 1.29. The van der Waals surface area contributed by atoms with Crippen LogP contribution in [0, 0.1) is 12.7 Å². The third-order valence-corrected chi connectivity index (χ3v) is 2.11. The van der Waals surface area contributed by atoms with E-state index in [0.29, 0.717) is 13.1 Å². The molecule has 1 unspecified atom stereocenters. The monoisotopic (exact) mass is 196 g/mol. The topological polar surface area (TPSA) is 38.0 Å². The van der Waals surface area contributed by atoms with Gasteiger partial charge in [-0.3, -0.25) is 0 Å². The molecular weight excluding hydrogens is 179 g/mol. The first kappa shape index (κ1) is 11.1. The number of halogens is 1. The van der Waals surface area contributed by atoms with Crippen molar-refractivity contribution in [2.45, 2.75) is 26.4 Å². The summed E-state index contributed by atoms with van der Waals surface area (Å²) in [6.07, 6.45) is 0. The first-order chi connectivity index (χ1) is 6.61. The Kier molecular flexibility index (Phi) is 4.04. The highest BCUT2D eigenvalue weighted by Gasteiger charge is 2.00. The summed E-state index contributed by atoms with van der Waals surface area (Å²) < 4.78 is 13.0. The van der Waals surface area contributed by atoms with E-state index in [-0.39, 0.29) is 11.9 Å². The first-order valence-corrected chi connectivity index (χ1v) is 4.81. The maximum atomic E-state index is 13.0. The van der Waals surface area contributed by atoms with Gasteiger partial charge in [0.1, 0.15) is 5.82 Å². The van der Waals surface area contributed by atoms with Crippen LogP contribution in [0.4, 0.5) is 4.39 Å². The molecule has 0 aliphatic carbocycles. The minimum atomic E-state index is -0.179. The minimum absolute atomic E-state index is 0.179. The van der Waals surface area contributed by atoms with Gasteiger partial charge in [-0.1, -0.05) is 6.07 Å². The predicted octanol–water partition coefficient (Wildman–Crippen LogP) is 1.57. The zero-order chi connectivity index (χ0) is 10.6. The Morgan fingerprint density at radius 2 is 2.14 bits per heavy atom. The zero-order valence-electron chi connectivity index (χ0n) is 8.68. The molecule has 0 fully saturated rings. The Hall–Kier alpha value is -0.930. The molecule has 0 aliphatic heterocycles. The Morgan fingerprint density at radius 3 is 2.71 bits per heavy atom. The van der Waals surface area contributed by atoms with Crippen molar-refractivity contribution in [1.29, 1.82) is 0 Å². The number of rotatable bonds is 4. The molecule has 1 rings (SSSR count). The second-order valence-electron chi connectivity index (χ2n) is 3.65. The molecule has 0 amide bonds. The minimum Gasteiger partial charge on any atom is -0.329 e. The summed E-state index contributed by atoms with van der Waals surface area (Å²) in [5.74, 6) is -0.179. The van der Waals surface area contributed by atoms with Crippen LogP contribution in [0.1, 0.15) is 18.1 Å². The van der Waals surface area contributed by atoms with Crippen LogP contribution in [0.25, 0.3) is 0 Å². The van der Waals surface area contributed by atoms with Gasteiger partial charge in [0, 0.05) is 19.1 Å². The molecule has 0 radical (unpaired) electrons. The van der Waals surface area contributed by atoms with Gasteiger partial charge < -0.3 is 11.1 Å². The number of hydrogen-bond donors (Lipinski definition) is 2. The van der Waals surface area contributed by atoms with Gasteiger partial charge in [-0.25, -0.2) is 4.39 Å². The summed E-state index contributed by atoms with van der Waals surface area (Å²) in [5.41, 5.74) is 7.37. The number of benzene rings is 1. The van der Waals surface area contributed by atoms with E-state index in [2.05, 4.69) is 5.32 Å².